The molecule has 1 aliphatic rings. The third kappa shape index (κ3) is 2.25. The van der Waals surface area contributed by atoms with E-state index in [0.29, 0.717) is 19.4 Å². The standard InChI is InChI=1S/C8H16O3P/c1-2-11-12(10)8(9)6-4-3-5-7-8/h9H,2-7H2,1H3/q+1. The quantitative estimate of drug-likeness (QED) is 0.697. The summed E-state index contributed by atoms with van der Waals surface area (Å²) in [6.07, 6.45) is 4.32. The van der Waals surface area contributed by atoms with Crippen LogP contribution in [0.3, 0.4) is 0 Å². The van der Waals surface area contributed by atoms with Gasteiger partial charge in [-0.15, -0.1) is 4.52 Å². The lowest BCUT2D eigenvalue weighted by Crippen LogP contribution is -2.27. The first kappa shape index (κ1) is 10.1. The zero-order chi connectivity index (χ0) is 9.03. The summed E-state index contributed by atoms with van der Waals surface area (Å²) in [4.78, 5) is 0. The van der Waals surface area contributed by atoms with Gasteiger partial charge in [-0.3, -0.25) is 0 Å². The normalized spacial score (nSPS) is 23.7. The van der Waals surface area contributed by atoms with Crippen molar-refractivity contribution in [3.8, 4) is 0 Å². The summed E-state index contributed by atoms with van der Waals surface area (Å²) in [6, 6.07) is 0. The van der Waals surface area contributed by atoms with Crippen molar-refractivity contribution in [2.75, 3.05) is 6.61 Å². The van der Waals surface area contributed by atoms with E-state index in [0.717, 1.165) is 19.3 Å². The molecule has 0 aromatic heterocycles. The Bertz CT molecular complexity index is 164. The maximum absolute atomic E-state index is 11.4. The first-order valence-corrected chi connectivity index (χ1v) is 5.69. The van der Waals surface area contributed by atoms with Gasteiger partial charge in [0.05, 0.1) is 6.61 Å². The Balaban J connectivity index is 2.50. The molecule has 0 radical (unpaired) electrons. The summed E-state index contributed by atoms with van der Waals surface area (Å²) in [5.41, 5.74) is 0. The average Bonchev–Trinajstić information content (AvgIpc) is 2.06. The van der Waals surface area contributed by atoms with Crippen LogP contribution in [-0.2, 0) is 9.09 Å². The van der Waals surface area contributed by atoms with Crippen LogP contribution in [0.1, 0.15) is 39.0 Å². The van der Waals surface area contributed by atoms with Gasteiger partial charge in [0.25, 0.3) is 5.34 Å². The maximum Gasteiger partial charge on any atom is 0.543 e. The first-order valence-electron chi connectivity index (χ1n) is 4.52. The van der Waals surface area contributed by atoms with Crippen LogP contribution in [-0.4, -0.2) is 17.1 Å². The summed E-state index contributed by atoms with van der Waals surface area (Å²) in [5, 5.41) is 8.84. The van der Waals surface area contributed by atoms with E-state index in [1.165, 1.54) is 0 Å². The molecule has 0 aromatic rings. The van der Waals surface area contributed by atoms with Crippen LogP contribution < -0.4 is 0 Å². The Morgan fingerprint density at radius 2 is 2.00 bits per heavy atom. The van der Waals surface area contributed by atoms with E-state index in [2.05, 4.69) is 0 Å². The van der Waals surface area contributed by atoms with E-state index in [9.17, 15) is 9.67 Å². The maximum atomic E-state index is 11.4. The molecule has 0 saturated heterocycles. The van der Waals surface area contributed by atoms with Crippen LogP contribution in [0.2, 0.25) is 0 Å². The van der Waals surface area contributed by atoms with Gasteiger partial charge in [0.2, 0.25) is 0 Å². The fourth-order valence-electron chi connectivity index (χ4n) is 1.54. The van der Waals surface area contributed by atoms with E-state index in [-0.39, 0.29) is 0 Å². The Kier molecular flexibility index (Phi) is 3.63. The number of rotatable bonds is 3. The molecule has 0 bridgehead atoms. The molecule has 0 aromatic carbocycles. The van der Waals surface area contributed by atoms with Gasteiger partial charge in [0.1, 0.15) is 0 Å². The fraction of sp³-hybridized carbons (Fsp3) is 1.00. The largest absolute Gasteiger partial charge is 0.543 e. The zero-order valence-electron chi connectivity index (χ0n) is 7.45. The lowest BCUT2D eigenvalue weighted by Gasteiger charge is -2.20. The van der Waals surface area contributed by atoms with Crippen molar-refractivity contribution in [1.82, 2.24) is 0 Å². The Hall–Kier alpha value is 0.0200. The molecule has 1 N–H and O–H groups in total. The van der Waals surface area contributed by atoms with Gasteiger partial charge in [-0.1, -0.05) is 6.42 Å². The summed E-state index contributed by atoms with van der Waals surface area (Å²) < 4.78 is 16.3. The molecule has 1 fully saturated rings. The zero-order valence-corrected chi connectivity index (χ0v) is 8.35. The van der Waals surface area contributed by atoms with Gasteiger partial charge in [0.15, 0.2) is 0 Å². The van der Waals surface area contributed by atoms with Crippen molar-refractivity contribution in [2.24, 2.45) is 0 Å². The minimum Gasteiger partial charge on any atom is -0.346 e. The van der Waals surface area contributed by atoms with Crippen molar-refractivity contribution >= 4 is 8.03 Å². The highest BCUT2D eigenvalue weighted by molar-refractivity contribution is 7.40. The van der Waals surface area contributed by atoms with Crippen molar-refractivity contribution in [1.29, 1.82) is 0 Å². The number of aliphatic hydroxyl groups is 1. The number of hydrogen-bond acceptors (Lipinski definition) is 3. The van der Waals surface area contributed by atoms with Crippen LogP contribution in [0, 0.1) is 0 Å². The third-order valence-corrected chi connectivity index (χ3v) is 3.86. The van der Waals surface area contributed by atoms with Crippen LogP contribution >= 0.6 is 8.03 Å². The molecule has 1 rings (SSSR count). The first-order chi connectivity index (χ1) is 5.69. The summed E-state index contributed by atoms with van der Waals surface area (Å²) in [6.45, 7) is 2.21. The molecule has 0 aliphatic heterocycles. The summed E-state index contributed by atoms with van der Waals surface area (Å²) in [5.74, 6) is 0. The van der Waals surface area contributed by atoms with Gasteiger partial charge in [-0.25, -0.2) is 0 Å². The van der Waals surface area contributed by atoms with E-state index in [4.69, 9.17) is 4.52 Å². The minimum absolute atomic E-state index is 0.414. The highest BCUT2D eigenvalue weighted by atomic mass is 31.1. The lowest BCUT2D eigenvalue weighted by atomic mass is 9.97. The molecule has 70 valence electrons. The van der Waals surface area contributed by atoms with E-state index < -0.39 is 13.4 Å². The second-order valence-electron chi connectivity index (χ2n) is 3.22. The molecular weight excluding hydrogens is 175 g/mol. The van der Waals surface area contributed by atoms with Gasteiger partial charge in [-0.05, 0) is 24.3 Å². The van der Waals surface area contributed by atoms with Crippen LogP contribution in [0.5, 0.6) is 0 Å². The lowest BCUT2D eigenvalue weighted by molar-refractivity contribution is 0.0704. The smallest absolute Gasteiger partial charge is 0.346 e. The Morgan fingerprint density at radius 1 is 1.42 bits per heavy atom. The Morgan fingerprint density at radius 3 is 2.50 bits per heavy atom. The second-order valence-corrected chi connectivity index (χ2v) is 4.82. The predicted molar refractivity (Wildman–Crippen MR) is 47.3 cm³/mol. The highest BCUT2D eigenvalue weighted by Crippen LogP contribution is 2.47. The fourth-order valence-corrected chi connectivity index (χ4v) is 2.69. The van der Waals surface area contributed by atoms with Crippen LogP contribution in [0.15, 0.2) is 0 Å². The summed E-state index contributed by atoms with van der Waals surface area (Å²) in [7, 11) is -1.88. The molecule has 1 atom stereocenters. The molecule has 0 spiro atoms. The topological polar surface area (TPSA) is 46.5 Å². The molecule has 1 aliphatic carbocycles. The van der Waals surface area contributed by atoms with Gasteiger partial charge >= 0.3 is 8.03 Å². The molecule has 4 heteroatoms. The van der Waals surface area contributed by atoms with Crippen LogP contribution in [0.4, 0.5) is 0 Å². The van der Waals surface area contributed by atoms with Gasteiger partial charge < -0.3 is 5.11 Å². The SMILES string of the molecule is CCO[P+](=O)C1(O)CCCCC1. The average molecular weight is 191 g/mol. The molecular formula is C8H16O3P+. The van der Waals surface area contributed by atoms with Crippen LogP contribution in [0.25, 0.3) is 0 Å². The van der Waals surface area contributed by atoms with Crippen molar-refractivity contribution in [3.63, 3.8) is 0 Å². The molecule has 1 saturated carbocycles. The molecule has 0 heterocycles. The van der Waals surface area contributed by atoms with Crippen molar-refractivity contribution in [2.45, 2.75) is 44.4 Å². The van der Waals surface area contributed by atoms with Crippen molar-refractivity contribution < 1.29 is 14.2 Å². The molecule has 12 heavy (non-hydrogen) atoms. The minimum atomic E-state index is -1.88. The molecule has 0 amide bonds. The monoisotopic (exact) mass is 191 g/mol. The second kappa shape index (κ2) is 4.31. The van der Waals surface area contributed by atoms with E-state index in [1.807, 2.05) is 0 Å². The van der Waals surface area contributed by atoms with Gasteiger partial charge in [-0.2, -0.15) is 0 Å². The van der Waals surface area contributed by atoms with Gasteiger partial charge in [0, 0.05) is 12.8 Å². The number of hydrogen-bond donors (Lipinski definition) is 1. The molecule has 3 nitrogen and oxygen atoms in total. The van der Waals surface area contributed by atoms with E-state index in [1.54, 1.807) is 6.92 Å². The van der Waals surface area contributed by atoms with E-state index >= 15 is 0 Å². The molecule has 1 unspecified atom stereocenters. The summed E-state index contributed by atoms with van der Waals surface area (Å²) >= 11 is 0. The third-order valence-electron chi connectivity index (χ3n) is 2.24. The van der Waals surface area contributed by atoms with Crippen molar-refractivity contribution in [3.05, 3.63) is 0 Å². The Labute approximate surface area is 74.0 Å². The predicted octanol–water partition coefficient (Wildman–Crippen LogP) is 2.42. The highest BCUT2D eigenvalue weighted by Gasteiger charge is 2.49.